The molecule has 0 atom stereocenters. The molecular formula is C13H17BrClFO. The van der Waals surface area contributed by atoms with Crippen molar-refractivity contribution < 1.29 is 9.18 Å². The van der Waals surface area contributed by atoms with Gasteiger partial charge in [0.1, 0.15) is 5.82 Å². The van der Waals surface area contributed by atoms with Gasteiger partial charge in [0.15, 0.2) is 0 Å². The Hall–Kier alpha value is -0.410. The summed E-state index contributed by atoms with van der Waals surface area (Å²) >= 11 is 8.59. The molecule has 0 radical (unpaired) electrons. The minimum Gasteiger partial charge on any atom is -0.281 e. The van der Waals surface area contributed by atoms with Crippen molar-refractivity contribution >= 4 is 32.8 Å². The fourth-order valence-electron chi connectivity index (χ4n) is 1.46. The summed E-state index contributed by atoms with van der Waals surface area (Å²) in [5.74, 6) is -0.153. The molecule has 0 saturated heterocycles. The topological polar surface area (TPSA) is 17.1 Å². The van der Waals surface area contributed by atoms with E-state index >= 15 is 0 Å². The zero-order valence-corrected chi connectivity index (χ0v) is 12.8. The maximum absolute atomic E-state index is 13.2. The molecule has 0 amide bonds. The Balaban J connectivity index is 0.00000121. The summed E-state index contributed by atoms with van der Waals surface area (Å²) < 4.78 is 13.8. The van der Waals surface area contributed by atoms with E-state index < -0.39 is 5.24 Å². The number of halogens is 3. The maximum Gasteiger partial charge on any atom is 0.226 e. The smallest absolute Gasteiger partial charge is 0.226 e. The highest BCUT2D eigenvalue weighted by Gasteiger charge is 2.14. The van der Waals surface area contributed by atoms with E-state index in [9.17, 15) is 9.18 Å². The van der Waals surface area contributed by atoms with Crippen LogP contribution in [-0.4, -0.2) is 5.24 Å². The molecule has 0 fully saturated rings. The zero-order chi connectivity index (χ0) is 13.6. The van der Waals surface area contributed by atoms with Crippen molar-refractivity contribution in [1.82, 2.24) is 0 Å². The van der Waals surface area contributed by atoms with Crippen LogP contribution in [0.25, 0.3) is 0 Å². The predicted octanol–water partition coefficient (Wildman–Crippen LogP) is 5.05. The van der Waals surface area contributed by atoms with E-state index in [-0.39, 0.29) is 18.2 Å². The van der Waals surface area contributed by atoms with Crippen LogP contribution < -0.4 is 0 Å². The van der Waals surface area contributed by atoms with Gasteiger partial charge in [-0.2, -0.15) is 0 Å². The van der Waals surface area contributed by atoms with Gasteiger partial charge in [-0.15, -0.1) is 0 Å². The second-order valence-electron chi connectivity index (χ2n) is 3.64. The predicted molar refractivity (Wildman–Crippen MR) is 74.1 cm³/mol. The third-order valence-electron chi connectivity index (χ3n) is 2.13. The van der Waals surface area contributed by atoms with Crippen molar-refractivity contribution in [2.24, 2.45) is 0 Å². The highest BCUT2D eigenvalue weighted by Crippen LogP contribution is 2.28. The molecule has 0 heterocycles. The molecule has 0 saturated carbocycles. The van der Waals surface area contributed by atoms with E-state index in [1.54, 1.807) is 0 Å². The van der Waals surface area contributed by atoms with Gasteiger partial charge in [0, 0.05) is 10.9 Å². The van der Waals surface area contributed by atoms with Crippen LogP contribution in [0.3, 0.4) is 0 Å². The number of carbonyl (C=O) groups excluding carboxylic acids is 1. The second kappa shape index (κ2) is 7.83. The zero-order valence-electron chi connectivity index (χ0n) is 10.5. The molecule has 1 rings (SSSR count). The molecular weight excluding hydrogens is 306 g/mol. The average Bonchev–Trinajstić information content (AvgIpc) is 2.24. The van der Waals surface area contributed by atoms with E-state index in [1.807, 2.05) is 27.7 Å². The molecule has 0 aromatic heterocycles. The van der Waals surface area contributed by atoms with Crippen LogP contribution in [0.4, 0.5) is 4.39 Å². The summed E-state index contributed by atoms with van der Waals surface area (Å²) in [5, 5.41) is -0.441. The van der Waals surface area contributed by atoms with Gasteiger partial charge in [-0.1, -0.05) is 43.6 Å². The van der Waals surface area contributed by atoms with E-state index in [1.165, 1.54) is 12.1 Å². The molecule has 0 unspecified atom stereocenters. The monoisotopic (exact) mass is 322 g/mol. The quantitative estimate of drug-likeness (QED) is 0.712. The van der Waals surface area contributed by atoms with Crippen molar-refractivity contribution in [3.05, 3.63) is 33.5 Å². The van der Waals surface area contributed by atoms with Crippen molar-refractivity contribution in [3.63, 3.8) is 0 Å². The Labute approximate surface area is 115 Å². The van der Waals surface area contributed by atoms with Crippen molar-refractivity contribution in [1.29, 1.82) is 0 Å². The van der Waals surface area contributed by atoms with Crippen molar-refractivity contribution in [2.45, 2.75) is 40.0 Å². The molecule has 17 heavy (non-hydrogen) atoms. The van der Waals surface area contributed by atoms with E-state index in [4.69, 9.17) is 11.6 Å². The third-order valence-corrected chi connectivity index (χ3v) is 2.97. The minimum absolute atomic E-state index is 0.121. The molecule has 1 aromatic carbocycles. The van der Waals surface area contributed by atoms with Gasteiger partial charge in [0.05, 0.1) is 0 Å². The standard InChI is InChI=1S/C11H11BrClFO.C2H6/c1-6(2)8-3-7(14)4-10(12)9(8)5-11(13)15;1-2/h3-4,6H,5H2,1-2H3;1-2H3. The summed E-state index contributed by atoms with van der Waals surface area (Å²) in [4.78, 5) is 10.9. The van der Waals surface area contributed by atoms with Gasteiger partial charge in [-0.05, 0) is 40.8 Å². The van der Waals surface area contributed by atoms with Gasteiger partial charge < -0.3 is 0 Å². The summed E-state index contributed by atoms with van der Waals surface area (Å²) in [6, 6.07) is 2.80. The molecule has 0 aliphatic heterocycles. The summed E-state index contributed by atoms with van der Waals surface area (Å²) in [6.45, 7) is 7.90. The highest BCUT2D eigenvalue weighted by atomic mass is 79.9. The normalized spacial score (nSPS) is 9.88. The van der Waals surface area contributed by atoms with Crippen LogP contribution in [-0.2, 0) is 11.2 Å². The molecule has 0 N–H and O–H groups in total. The van der Waals surface area contributed by atoms with Gasteiger partial charge in [0.25, 0.3) is 0 Å². The van der Waals surface area contributed by atoms with Crippen molar-refractivity contribution in [2.75, 3.05) is 0 Å². The lowest BCUT2D eigenvalue weighted by Crippen LogP contribution is -2.03. The fourth-order valence-corrected chi connectivity index (χ4v) is 2.19. The van der Waals surface area contributed by atoms with Crippen LogP contribution in [0.15, 0.2) is 16.6 Å². The lowest BCUT2D eigenvalue weighted by atomic mass is 9.95. The Morgan fingerprint density at radius 2 is 1.94 bits per heavy atom. The first-order valence-corrected chi connectivity index (χ1v) is 6.75. The van der Waals surface area contributed by atoms with Crippen LogP contribution in [0, 0.1) is 5.82 Å². The SMILES string of the molecule is CC.CC(C)c1cc(F)cc(Br)c1CC(=O)Cl. The van der Waals surface area contributed by atoms with Gasteiger partial charge >= 0.3 is 0 Å². The first-order valence-electron chi connectivity index (χ1n) is 5.58. The van der Waals surface area contributed by atoms with Gasteiger partial charge in [-0.3, -0.25) is 4.79 Å². The molecule has 0 bridgehead atoms. The van der Waals surface area contributed by atoms with E-state index in [0.717, 1.165) is 11.1 Å². The lowest BCUT2D eigenvalue weighted by Gasteiger charge is -2.13. The second-order valence-corrected chi connectivity index (χ2v) is 4.92. The Morgan fingerprint density at radius 3 is 2.35 bits per heavy atom. The highest BCUT2D eigenvalue weighted by molar-refractivity contribution is 9.10. The van der Waals surface area contributed by atoms with E-state index in [2.05, 4.69) is 15.9 Å². The average molecular weight is 324 g/mol. The Morgan fingerprint density at radius 1 is 1.41 bits per heavy atom. The Bertz CT molecular complexity index is 391. The van der Waals surface area contributed by atoms with Crippen LogP contribution in [0.1, 0.15) is 44.7 Å². The largest absolute Gasteiger partial charge is 0.281 e. The molecule has 1 aromatic rings. The molecule has 96 valence electrons. The summed E-state index contributed by atoms with van der Waals surface area (Å²) in [6.07, 6.45) is 0.121. The fraction of sp³-hybridized carbons (Fsp3) is 0.462. The minimum atomic E-state index is -0.441. The van der Waals surface area contributed by atoms with E-state index in [0.29, 0.717) is 4.47 Å². The van der Waals surface area contributed by atoms with Gasteiger partial charge in [0.2, 0.25) is 5.24 Å². The molecule has 0 aliphatic rings. The molecule has 0 spiro atoms. The van der Waals surface area contributed by atoms with Crippen molar-refractivity contribution in [3.8, 4) is 0 Å². The number of hydrogen-bond donors (Lipinski definition) is 0. The summed E-state index contributed by atoms with van der Waals surface area (Å²) in [7, 11) is 0. The van der Waals surface area contributed by atoms with Crippen LogP contribution in [0.2, 0.25) is 0 Å². The third kappa shape index (κ3) is 5.17. The Kier molecular flexibility index (Phi) is 7.64. The number of benzene rings is 1. The van der Waals surface area contributed by atoms with Gasteiger partial charge in [-0.25, -0.2) is 4.39 Å². The first kappa shape index (κ1) is 16.6. The first-order chi connectivity index (χ1) is 7.91. The molecule has 4 heteroatoms. The van der Waals surface area contributed by atoms with Crippen LogP contribution >= 0.6 is 27.5 Å². The summed E-state index contributed by atoms with van der Waals surface area (Å²) in [5.41, 5.74) is 1.59. The molecule has 0 aliphatic carbocycles. The molecule has 1 nitrogen and oxygen atoms in total. The lowest BCUT2D eigenvalue weighted by molar-refractivity contribution is -0.111. The number of rotatable bonds is 3. The van der Waals surface area contributed by atoms with Crippen LogP contribution in [0.5, 0.6) is 0 Å². The number of carbonyl (C=O) groups is 1. The number of hydrogen-bond acceptors (Lipinski definition) is 1. The maximum atomic E-state index is 13.2.